The predicted molar refractivity (Wildman–Crippen MR) is 102 cm³/mol. The first-order valence-corrected chi connectivity index (χ1v) is 10.4. The summed E-state index contributed by atoms with van der Waals surface area (Å²) in [4.78, 5) is 12.3. The highest BCUT2D eigenvalue weighted by molar-refractivity contribution is 7.89. The molecule has 1 aliphatic rings. The number of hydrogen-bond acceptors (Lipinski definition) is 4. The van der Waals surface area contributed by atoms with Crippen molar-refractivity contribution in [2.24, 2.45) is 0 Å². The lowest BCUT2D eigenvalue weighted by Crippen LogP contribution is -2.45. The van der Waals surface area contributed by atoms with Crippen molar-refractivity contribution < 1.29 is 17.9 Å². The van der Waals surface area contributed by atoms with E-state index in [-0.39, 0.29) is 10.8 Å². The third kappa shape index (κ3) is 5.57. The molecule has 1 aromatic carbocycles. The van der Waals surface area contributed by atoms with E-state index in [1.54, 1.807) is 19.9 Å². The van der Waals surface area contributed by atoms with Gasteiger partial charge in [-0.2, -0.15) is 4.72 Å². The van der Waals surface area contributed by atoms with Crippen LogP contribution in [0.2, 0.25) is 0 Å². The number of hydrogen-bond donors (Lipinski definition) is 2. The third-order valence-corrected chi connectivity index (χ3v) is 6.07. The van der Waals surface area contributed by atoms with E-state index in [2.05, 4.69) is 16.1 Å². The first kappa shape index (κ1) is 20.5. The van der Waals surface area contributed by atoms with Gasteiger partial charge in [-0.25, -0.2) is 8.42 Å². The van der Waals surface area contributed by atoms with E-state index in [4.69, 9.17) is 4.74 Å². The molecule has 1 amide bonds. The average Bonchev–Trinajstić information content (AvgIpc) is 2.62. The molecule has 1 atom stereocenters. The maximum atomic E-state index is 12.5. The number of ether oxygens (including phenoxy) is 1. The summed E-state index contributed by atoms with van der Waals surface area (Å²) in [6.45, 7) is 3.84. The Hall–Kier alpha value is -1.86. The van der Waals surface area contributed by atoms with Crippen molar-refractivity contribution in [2.45, 2.75) is 56.9 Å². The maximum absolute atomic E-state index is 12.5. The normalized spacial score (nSPS) is 15.9. The number of sulfonamides is 1. The molecule has 0 radical (unpaired) electrons. The molecule has 0 aromatic heterocycles. The Kier molecular flexibility index (Phi) is 7.23. The lowest BCUT2D eigenvalue weighted by atomic mass is 9.97. The van der Waals surface area contributed by atoms with Crippen molar-refractivity contribution in [3.8, 4) is 5.75 Å². The largest absolute Gasteiger partial charge is 0.496 e. The molecule has 6 nitrogen and oxygen atoms in total. The minimum absolute atomic E-state index is 0.114. The monoisotopic (exact) mass is 380 g/mol. The number of methoxy groups -OCH3 is 1. The maximum Gasteiger partial charge on any atom is 0.241 e. The van der Waals surface area contributed by atoms with E-state index < -0.39 is 16.1 Å². The highest BCUT2D eigenvalue weighted by Gasteiger charge is 2.22. The number of benzene rings is 1. The summed E-state index contributed by atoms with van der Waals surface area (Å²) < 4.78 is 32.5. The van der Waals surface area contributed by atoms with Crippen LogP contribution in [0, 0.1) is 6.92 Å². The van der Waals surface area contributed by atoms with Crippen LogP contribution in [-0.2, 0) is 14.8 Å². The number of nitrogens with one attached hydrogen (secondary N) is 2. The number of allylic oxidation sites excluding steroid dienone is 1. The van der Waals surface area contributed by atoms with Gasteiger partial charge in [0.25, 0.3) is 0 Å². The van der Waals surface area contributed by atoms with Crippen LogP contribution in [0.5, 0.6) is 5.75 Å². The Balaban J connectivity index is 1.90. The second-order valence-corrected chi connectivity index (χ2v) is 8.34. The van der Waals surface area contributed by atoms with Gasteiger partial charge in [0.1, 0.15) is 5.75 Å². The quantitative estimate of drug-likeness (QED) is 0.679. The number of amides is 1. The Morgan fingerprint density at radius 2 is 2.08 bits per heavy atom. The van der Waals surface area contributed by atoms with Gasteiger partial charge in [0.05, 0.1) is 18.0 Å². The van der Waals surface area contributed by atoms with Crippen molar-refractivity contribution >= 4 is 15.9 Å². The van der Waals surface area contributed by atoms with Gasteiger partial charge in [0.15, 0.2) is 0 Å². The topological polar surface area (TPSA) is 84.5 Å². The number of aryl methyl sites for hydroxylation is 1. The minimum atomic E-state index is -3.78. The van der Waals surface area contributed by atoms with Gasteiger partial charge in [-0.3, -0.25) is 4.79 Å². The summed E-state index contributed by atoms with van der Waals surface area (Å²) in [5, 5.41) is 2.81. The van der Waals surface area contributed by atoms with Crippen LogP contribution >= 0.6 is 0 Å². The first-order chi connectivity index (χ1) is 12.3. The Labute approximate surface area is 156 Å². The molecule has 0 bridgehead atoms. The van der Waals surface area contributed by atoms with Gasteiger partial charge in [0, 0.05) is 6.54 Å². The van der Waals surface area contributed by atoms with Crippen LogP contribution in [0.25, 0.3) is 0 Å². The van der Waals surface area contributed by atoms with E-state index in [0.29, 0.717) is 17.9 Å². The van der Waals surface area contributed by atoms with Crippen molar-refractivity contribution in [2.75, 3.05) is 13.7 Å². The molecule has 2 N–H and O–H groups in total. The zero-order valence-corrected chi connectivity index (χ0v) is 16.5. The van der Waals surface area contributed by atoms with Gasteiger partial charge >= 0.3 is 0 Å². The van der Waals surface area contributed by atoms with E-state index in [1.165, 1.54) is 37.7 Å². The highest BCUT2D eigenvalue weighted by atomic mass is 32.2. The van der Waals surface area contributed by atoms with Crippen LogP contribution in [0.3, 0.4) is 0 Å². The third-order valence-electron chi connectivity index (χ3n) is 4.53. The fourth-order valence-corrected chi connectivity index (χ4v) is 4.29. The van der Waals surface area contributed by atoms with Gasteiger partial charge < -0.3 is 10.1 Å². The minimum Gasteiger partial charge on any atom is -0.496 e. The number of carbonyl (C=O) groups is 1. The smallest absolute Gasteiger partial charge is 0.241 e. The summed E-state index contributed by atoms with van der Waals surface area (Å²) in [5.74, 6) is 0.293. The fraction of sp³-hybridized carbons (Fsp3) is 0.526. The first-order valence-electron chi connectivity index (χ1n) is 8.96. The molecular weight excluding hydrogens is 352 g/mol. The molecule has 0 saturated heterocycles. The zero-order chi connectivity index (χ0) is 19.2. The molecule has 0 aliphatic heterocycles. The standard InChI is InChI=1S/C19H28N2O4S/c1-14-13-17(9-10-18(14)25-3)26(23,24)21-15(2)19(22)20-12-11-16-7-5-4-6-8-16/h7,9-10,13,15,21H,4-6,8,11-12H2,1-3H3,(H,20,22)/t15-/m0/s1. The van der Waals surface area contributed by atoms with E-state index in [0.717, 1.165) is 19.3 Å². The van der Waals surface area contributed by atoms with E-state index in [1.807, 2.05) is 0 Å². The second kappa shape index (κ2) is 9.19. The highest BCUT2D eigenvalue weighted by Crippen LogP contribution is 2.21. The van der Waals surface area contributed by atoms with E-state index in [9.17, 15) is 13.2 Å². The van der Waals surface area contributed by atoms with Gasteiger partial charge in [0.2, 0.25) is 15.9 Å². The molecule has 1 aliphatic carbocycles. The molecule has 144 valence electrons. The predicted octanol–water partition coefficient (Wildman–Crippen LogP) is 2.68. The lowest BCUT2D eigenvalue weighted by molar-refractivity contribution is -0.122. The van der Waals surface area contributed by atoms with Crippen LogP contribution in [0.1, 0.15) is 44.6 Å². The van der Waals surface area contributed by atoms with Crippen LogP contribution < -0.4 is 14.8 Å². The van der Waals surface area contributed by atoms with Crippen LogP contribution in [-0.4, -0.2) is 34.0 Å². The molecule has 0 saturated carbocycles. The lowest BCUT2D eigenvalue weighted by Gasteiger charge is -2.16. The number of carbonyl (C=O) groups excluding carboxylic acids is 1. The Morgan fingerprint density at radius 3 is 2.69 bits per heavy atom. The van der Waals surface area contributed by atoms with Gasteiger partial charge in [-0.05, 0) is 69.7 Å². The molecule has 0 heterocycles. The Bertz CT molecular complexity index is 772. The van der Waals surface area contributed by atoms with Crippen molar-refractivity contribution in [1.29, 1.82) is 0 Å². The molecule has 2 rings (SSSR count). The average molecular weight is 381 g/mol. The van der Waals surface area contributed by atoms with E-state index >= 15 is 0 Å². The SMILES string of the molecule is COc1ccc(S(=O)(=O)N[C@@H](C)C(=O)NCCC2=CCCCC2)cc1C. The summed E-state index contributed by atoms with van der Waals surface area (Å²) in [6.07, 6.45) is 7.71. The van der Waals surface area contributed by atoms with Crippen molar-refractivity contribution in [3.05, 3.63) is 35.4 Å². The van der Waals surface area contributed by atoms with Gasteiger partial charge in [-0.15, -0.1) is 0 Å². The fourth-order valence-electron chi connectivity index (χ4n) is 3.00. The van der Waals surface area contributed by atoms with Crippen LogP contribution in [0.15, 0.2) is 34.7 Å². The summed E-state index contributed by atoms with van der Waals surface area (Å²) in [5.41, 5.74) is 2.09. The molecule has 0 spiro atoms. The van der Waals surface area contributed by atoms with Crippen molar-refractivity contribution in [3.63, 3.8) is 0 Å². The van der Waals surface area contributed by atoms with Crippen molar-refractivity contribution in [1.82, 2.24) is 10.0 Å². The number of rotatable bonds is 8. The second-order valence-electron chi connectivity index (χ2n) is 6.62. The van der Waals surface area contributed by atoms with Crippen LogP contribution in [0.4, 0.5) is 0 Å². The molecule has 0 unspecified atom stereocenters. The van der Waals surface area contributed by atoms with Gasteiger partial charge in [-0.1, -0.05) is 11.6 Å². The molecule has 26 heavy (non-hydrogen) atoms. The summed E-state index contributed by atoms with van der Waals surface area (Å²) >= 11 is 0. The molecular formula is C19H28N2O4S. The molecule has 7 heteroatoms. The summed E-state index contributed by atoms with van der Waals surface area (Å²) in [6, 6.07) is 3.75. The molecule has 1 aromatic rings. The molecule has 0 fully saturated rings. The summed E-state index contributed by atoms with van der Waals surface area (Å²) in [7, 11) is -2.24. The zero-order valence-electron chi connectivity index (χ0n) is 15.7. The Morgan fingerprint density at radius 1 is 1.31 bits per heavy atom.